The molecule has 1 unspecified atom stereocenters. The summed E-state index contributed by atoms with van der Waals surface area (Å²) >= 11 is 0. The van der Waals surface area contributed by atoms with Gasteiger partial charge in [-0.15, -0.1) is 0 Å². The second-order valence-electron chi connectivity index (χ2n) is 5.94. The quantitative estimate of drug-likeness (QED) is 0.731. The van der Waals surface area contributed by atoms with Gasteiger partial charge in [-0.2, -0.15) is 4.98 Å². The molecular weight excluding hydrogens is 306 g/mol. The van der Waals surface area contributed by atoms with E-state index in [0.29, 0.717) is 37.8 Å². The van der Waals surface area contributed by atoms with Crippen LogP contribution in [0.25, 0.3) is 0 Å². The Bertz CT molecular complexity index is 657. The van der Waals surface area contributed by atoms with Crippen molar-refractivity contribution in [1.29, 1.82) is 0 Å². The molecule has 0 radical (unpaired) electrons. The molecule has 0 aliphatic carbocycles. The van der Waals surface area contributed by atoms with Crippen LogP contribution in [0.2, 0.25) is 0 Å². The first-order valence-corrected chi connectivity index (χ1v) is 8.51. The molecule has 6 nitrogen and oxygen atoms in total. The fraction of sp³-hybridized carbons (Fsp3) is 0.500. The van der Waals surface area contributed by atoms with Gasteiger partial charge in [0.1, 0.15) is 6.04 Å². The van der Waals surface area contributed by atoms with E-state index in [0.717, 1.165) is 24.9 Å². The largest absolute Gasteiger partial charge is 0.376 e. The van der Waals surface area contributed by atoms with Crippen LogP contribution < -0.4 is 0 Å². The Balaban J connectivity index is 1.49. The third-order valence-corrected chi connectivity index (χ3v) is 4.23. The molecule has 0 bridgehead atoms. The van der Waals surface area contributed by atoms with E-state index in [9.17, 15) is 4.79 Å². The van der Waals surface area contributed by atoms with Crippen molar-refractivity contribution in [3.8, 4) is 0 Å². The van der Waals surface area contributed by atoms with E-state index in [-0.39, 0.29) is 11.9 Å². The lowest BCUT2D eigenvalue weighted by atomic mass is 10.2. The highest BCUT2D eigenvalue weighted by molar-refractivity contribution is 5.76. The Labute approximate surface area is 141 Å². The summed E-state index contributed by atoms with van der Waals surface area (Å²) in [7, 11) is 0. The van der Waals surface area contributed by atoms with E-state index in [1.807, 2.05) is 42.2 Å². The standard InChI is InChI=1S/C18H23N3O3/c1-2-17(22)21-11-6-9-15(21)18-19-16(20-24-18)10-12-23-13-14-7-4-3-5-8-14/h3-5,7-8,15H,2,6,9-13H2,1H3. The van der Waals surface area contributed by atoms with E-state index >= 15 is 0 Å². The number of hydrogen-bond acceptors (Lipinski definition) is 5. The Hall–Kier alpha value is -2.21. The van der Waals surface area contributed by atoms with Crippen LogP contribution in [0, 0.1) is 0 Å². The highest BCUT2D eigenvalue weighted by Gasteiger charge is 2.33. The summed E-state index contributed by atoms with van der Waals surface area (Å²) < 4.78 is 11.0. The van der Waals surface area contributed by atoms with Gasteiger partial charge in [-0.05, 0) is 18.4 Å². The normalized spacial score (nSPS) is 17.4. The summed E-state index contributed by atoms with van der Waals surface area (Å²) in [5.41, 5.74) is 1.14. The maximum absolute atomic E-state index is 12.0. The van der Waals surface area contributed by atoms with Gasteiger partial charge in [-0.25, -0.2) is 0 Å². The molecular formula is C18H23N3O3. The van der Waals surface area contributed by atoms with Gasteiger partial charge in [-0.3, -0.25) is 4.79 Å². The SMILES string of the molecule is CCC(=O)N1CCCC1c1nc(CCOCc2ccccc2)no1. The topological polar surface area (TPSA) is 68.5 Å². The number of carbonyl (C=O) groups excluding carboxylic acids is 1. The number of hydrogen-bond donors (Lipinski definition) is 0. The van der Waals surface area contributed by atoms with E-state index in [2.05, 4.69) is 10.1 Å². The number of amides is 1. The molecule has 2 aromatic rings. The molecule has 2 heterocycles. The maximum Gasteiger partial charge on any atom is 0.249 e. The van der Waals surface area contributed by atoms with Crippen LogP contribution in [-0.4, -0.2) is 34.1 Å². The molecule has 128 valence electrons. The molecule has 1 saturated heterocycles. The number of carbonyl (C=O) groups is 1. The van der Waals surface area contributed by atoms with Gasteiger partial charge in [0.15, 0.2) is 5.82 Å². The smallest absolute Gasteiger partial charge is 0.249 e. The predicted molar refractivity (Wildman–Crippen MR) is 88.1 cm³/mol. The summed E-state index contributed by atoms with van der Waals surface area (Å²) in [6.07, 6.45) is 2.97. The minimum absolute atomic E-state index is 0.0658. The Morgan fingerprint density at radius 3 is 3.00 bits per heavy atom. The van der Waals surface area contributed by atoms with Crippen LogP contribution in [0.3, 0.4) is 0 Å². The third kappa shape index (κ3) is 4.00. The van der Waals surface area contributed by atoms with E-state index in [1.165, 1.54) is 0 Å². The molecule has 0 spiro atoms. The van der Waals surface area contributed by atoms with Gasteiger partial charge in [0.05, 0.1) is 13.2 Å². The summed E-state index contributed by atoms with van der Waals surface area (Å²) in [6.45, 7) is 3.76. The summed E-state index contributed by atoms with van der Waals surface area (Å²) in [4.78, 5) is 18.3. The Kier molecular flexibility index (Phi) is 5.59. The summed E-state index contributed by atoms with van der Waals surface area (Å²) in [6, 6.07) is 9.98. The fourth-order valence-electron chi connectivity index (χ4n) is 2.96. The zero-order valence-electron chi connectivity index (χ0n) is 14.0. The highest BCUT2D eigenvalue weighted by Crippen LogP contribution is 2.31. The van der Waals surface area contributed by atoms with Crippen LogP contribution in [0.1, 0.15) is 49.5 Å². The molecule has 6 heteroatoms. The molecule has 0 saturated carbocycles. The van der Waals surface area contributed by atoms with E-state index in [1.54, 1.807) is 0 Å². The van der Waals surface area contributed by atoms with E-state index < -0.39 is 0 Å². The van der Waals surface area contributed by atoms with Gasteiger partial charge in [0, 0.05) is 19.4 Å². The van der Waals surface area contributed by atoms with Crippen LogP contribution in [0.5, 0.6) is 0 Å². The van der Waals surface area contributed by atoms with Crippen molar-refractivity contribution in [2.24, 2.45) is 0 Å². The molecule has 1 fully saturated rings. The number of nitrogens with zero attached hydrogens (tertiary/aromatic N) is 3. The molecule has 1 aliphatic heterocycles. The first kappa shape index (κ1) is 16.6. The average molecular weight is 329 g/mol. The Morgan fingerprint density at radius 1 is 1.38 bits per heavy atom. The third-order valence-electron chi connectivity index (χ3n) is 4.23. The zero-order valence-corrected chi connectivity index (χ0v) is 14.0. The van der Waals surface area contributed by atoms with Crippen LogP contribution in [-0.2, 0) is 22.6 Å². The molecule has 1 aliphatic rings. The lowest BCUT2D eigenvalue weighted by Crippen LogP contribution is -2.29. The first-order chi connectivity index (χ1) is 11.8. The second kappa shape index (κ2) is 8.06. The number of likely N-dealkylation sites (tertiary alicyclic amines) is 1. The maximum atomic E-state index is 12.0. The summed E-state index contributed by atoms with van der Waals surface area (Å²) in [5, 5.41) is 4.02. The van der Waals surface area contributed by atoms with Crippen LogP contribution in [0.15, 0.2) is 34.9 Å². The fourth-order valence-corrected chi connectivity index (χ4v) is 2.96. The monoisotopic (exact) mass is 329 g/mol. The van der Waals surface area contributed by atoms with Crippen molar-refractivity contribution in [2.45, 2.75) is 45.3 Å². The van der Waals surface area contributed by atoms with Gasteiger partial charge in [-0.1, -0.05) is 42.4 Å². The second-order valence-corrected chi connectivity index (χ2v) is 5.94. The van der Waals surface area contributed by atoms with Gasteiger partial charge < -0.3 is 14.2 Å². The van der Waals surface area contributed by atoms with Crippen molar-refractivity contribution in [3.05, 3.63) is 47.6 Å². The van der Waals surface area contributed by atoms with Crippen LogP contribution >= 0.6 is 0 Å². The van der Waals surface area contributed by atoms with E-state index in [4.69, 9.17) is 9.26 Å². The molecule has 1 atom stereocenters. The molecule has 24 heavy (non-hydrogen) atoms. The number of benzene rings is 1. The van der Waals surface area contributed by atoms with Crippen LogP contribution in [0.4, 0.5) is 0 Å². The highest BCUT2D eigenvalue weighted by atomic mass is 16.5. The summed E-state index contributed by atoms with van der Waals surface area (Å²) in [5.74, 6) is 1.32. The number of aromatic nitrogens is 2. The first-order valence-electron chi connectivity index (χ1n) is 8.51. The molecule has 3 rings (SSSR count). The number of ether oxygens (including phenoxy) is 1. The molecule has 1 amide bonds. The van der Waals surface area contributed by atoms with Gasteiger partial charge in [0.25, 0.3) is 0 Å². The minimum atomic E-state index is -0.0658. The lowest BCUT2D eigenvalue weighted by molar-refractivity contribution is -0.132. The number of rotatable bonds is 7. The van der Waals surface area contributed by atoms with Gasteiger partial charge >= 0.3 is 0 Å². The van der Waals surface area contributed by atoms with Crippen molar-refractivity contribution in [2.75, 3.05) is 13.2 Å². The average Bonchev–Trinajstić information content (AvgIpc) is 3.28. The van der Waals surface area contributed by atoms with Crippen molar-refractivity contribution >= 4 is 5.91 Å². The zero-order chi connectivity index (χ0) is 16.8. The molecule has 1 aromatic heterocycles. The molecule has 1 aromatic carbocycles. The lowest BCUT2D eigenvalue weighted by Gasteiger charge is -2.20. The Morgan fingerprint density at radius 2 is 2.21 bits per heavy atom. The van der Waals surface area contributed by atoms with Crippen molar-refractivity contribution < 1.29 is 14.1 Å². The van der Waals surface area contributed by atoms with Crippen molar-refractivity contribution in [3.63, 3.8) is 0 Å². The molecule has 0 N–H and O–H groups in total. The van der Waals surface area contributed by atoms with Gasteiger partial charge in [0.2, 0.25) is 11.8 Å². The van der Waals surface area contributed by atoms with Crippen molar-refractivity contribution in [1.82, 2.24) is 15.0 Å². The predicted octanol–water partition coefficient (Wildman–Crippen LogP) is 2.90. The minimum Gasteiger partial charge on any atom is -0.376 e.